The highest BCUT2D eigenvalue weighted by Crippen LogP contribution is 2.33. The van der Waals surface area contributed by atoms with E-state index in [1.165, 1.54) is 5.56 Å². The third-order valence-electron chi connectivity index (χ3n) is 3.41. The lowest BCUT2D eigenvalue weighted by molar-refractivity contribution is 0.165. The van der Waals surface area contributed by atoms with Gasteiger partial charge < -0.3 is 10.4 Å². The minimum Gasteiger partial charge on any atom is -0.390 e. The van der Waals surface area contributed by atoms with E-state index in [2.05, 4.69) is 34.3 Å². The average molecular weight is 287 g/mol. The third-order valence-corrected chi connectivity index (χ3v) is 4.19. The Balaban J connectivity index is 1.82. The Labute approximate surface area is 122 Å². The van der Waals surface area contributed by atoms with Crippen LogP contribution >= 0.6 is 11.8 Å². The van der Waals surface area contributed by atoms with Crippen LogP contribution in [0.2, 0.25) is 0 Å². The standard InChI is InChI=1S/C15H17N3OS/c1-2-20-14-9-16-8-13(17-14)18-15-11-6-4-3-5-10(11)7-12(15)19/h3-6,8-9,12,15,19H,2,7H2,1H3,(H,17,18)/t12-,15+/m0/s1. The van der Waals surface area contributed by atoms with Gasteiger partial charge in [-0.2, -0.15) is 0 Å². The maximum atomic E-state index is 10.2. The largest absolute Gasteiger partial charge is 0.390 e. The van der Waals surface area contributed by atoms with Crippen LogP contribution in [0.3, 0.4) is 0 Å². The van der Waals surface area contributed by atoms with Crippen molar-refractivity contribution in [3.8, 4) is 0 Å². The van der Waals surface area contributed by atoms with E-state index in [1.54, 1.807) is 24.2 Å². The van der Waals surface area contributed by atoms with Gasteiger partial charge in [0.1, 0.15) is 10.8 Å². The van der Waals surface area contributed by atoms with Gasteiger partial charge in [0.15, 0.2) is 0 Å². The number of rotatable bonds is 4. The highest BCUT2D eigenvalue weighted by molar-refractivity contribution is 7.99. The lowest BCUT2D eigenvalue weighted by atomic mass is 10.1. The van der Waals surface area contributed by atoms with E-state index in [4.69, 9.17) is 0 Å². The predicted molar refractivity (Wildman–Crippen MR) is 80.9 cm³/mol. The zero-order valence-corrected chi connectivity index (χ0v) is 12.1. The van der Waals surface area contributed by atoms with Crippen molar-refractivity contribution in [2.75, 3.05) is 11.1 Å². The summed E-state index contributed by atoms with van der Waals surface area (Å²) in [6.45, 7) is 2.09. The second-order valence-electron chi connectivity index (χ2n) is 4.77. The predicted octanol–water partition coefficient (Wildman–Crippen LogP) is 2.66. The molecule has 0 spiro atoms. The van der Waals surface area contributed by atoms with E-state index in [-0.39, 0.29) is 6.04 Å². The van der Waals surface area contributed by atoms with Gasteiger partial charge in [0.25, 0.3) is 0 Å². The van der Waals surface area contributed by atoms with Gasteiger partial charge in [0.05, 0.1) is 24.5 Å². The molecular weight excluding hydrogens is 270 g/mol. The van der Waals surface area contributed by atoms with E-state index in [9.17, 15) is 5.11 Å². The third kappa shape index (κ3) is 2.64. The van der Waals surface area contributed by atoms with Crippen LogP contribution in [0.4, 0.5) is 5.82 Å². The first kappa shape index (κ1) is 13.4. The monoisotopic (exact) mass is 287 g/mol. The molecular formula is C15H17N3OS. The van der Waals surface area contributed by atoms with Crippen LogP contribution < -0.4 is 5.32 Å². The molecule has 2 atom stereocenters. The molecule has 2 aromatic rings. The van der Waals surface area contributed by atoms with Crippen molar-refractivity contribution in [3.05, 3.63) is 47.8 Å². The van der Waals surface area contributed by atoms with Crippen LogP contribution in [-0.4, -0.2) is 26.9 Å². The number of hydrogen-bond donors (Lipinski definition) is 2. The van der Waals surface area contributed by atoms with Crippen LogP contribution in [0.15, 0.2) is 41.7 Å². The molecule has 1 aromatic carbocycles. The summed E-state index contributed by atoms with van der Waals surface area (Å²) >= 11 is 1.66. The smallest absolute Gasteiger partial charge is 0.146 e. The molecule has 0 bridgehead atoms. The number of aliphatic hydroxyl groups is 1. The highest BCUT2D eigenvalue weighted by Gasteiger charge is 2.30. The van der Waals surface area contributed by atoms with Crippen LogP contribution in [0, 0.1) is 0 Å². The topological polar surface area (TPSA) is 58.0 Å². The molecule has 3 rings (SSSR count). The second kappa shape index (κ2) is 5.81. The molecule has 0 fully saturated rings. The van der Waals surface area contributed by atoms with Gasteiger partial charge in [-0.3, -0.25) is 4.98 Å². The van der Waals surface area contributed by atoms with Crippen LogP contribution in [0.5, 0.6) is 0 Å². The number of hydrogen-bond acceptors (Lipinski definition) is 5. The zero-order chi connectivity index (χ0) is 13.9. The number of thioether (sulfide) groups is 1. The molecule has 2 N–H and O–H groups in total. The van der Waals surface area contributed by atoms with Crippen molar-refractivity contribution in [1.82, 2.24) is 9.97 Å². The van der Waals surface area contributed by atoms with Gasteiger partial charge in [0.2, 0.25) is 0 Å². The van der Waals surface area contributed by atoms with Gasteiger partial charge in [-0.05, 0) is 16.9 Å². The van der Waals surface area contributed by atoms with Gasteiger partial charge in [-0.15, -0.1) is 11.8 Å². The molecule has 0 saturated heterocycles. The second-order valence-corrected chi connectivity index (χ2v) is 6.05. The summed E-state index contributed by atoms with van der Waals surface area (Å²) in [4.78, 5) is 8.71. The molecule has 0 amide bonds. The number of benzene rings is 1. The Kier molecular flexibility index (Phi) is 3.89. The lowest BCUT2D eigenvalue weighted by Gasteiger charge is -2.18. The Hall–Kier alpha value is -1.59. The van der Waals surface area contributed by atoms with Crippen molar-refractivity contribution in [2.24, 2.45) is 0 Å². The maximum absolute atomic E-state index is 10.2. The first-order chi connectivity index (χ1) is 9.78. The number of aliphatic hydroxyl groups excluding tert-OH is 1. The fourth-order valence-corrected chi connectivity index (χ4v) is 3.14. The molecule has 104 valence electrons. The fraction of sp³-hybridized carbons (Fsp3) is 0.333. The van der Waals surface area contributed by atoms with Crippen LogP contribution in [0.1, 0.15) is 24.1 Å². The van der Waals surface area contributed by atoms with Crippen molar-refractivity contribution >= 4 is 17.6 Å². The Morgan fingerprint density at radius 3 is 3.05 bits per heavy atom. The van der Waals surface area contributed by atoms with E-state index in [0.717, 1.165) is 16.3 Å². The number of nitrogens with zero attached hydrogens (tertiary/aromatic N) is 2. The molecule has 1 heterocycles. The summed E-state index contributed by atoms with van der Waals surface area (Å²) in [6, 6.07) is 8.02. The van der Waals surface area contributed by atoms with Gasteiger partial charge in [-0.1, -0.05) is 31.2 Å². The Morgan fingerprint density at radius 2 is 2.20 bits per heavy atom. The number of aromatic nitrogens is 2. The van der Waals surface area contributed by atoms with Crippen LogP contribution in [0.25, 0.3) is 0 Å². The zero-order valence-electron chi connectivity index (χ0n) is 11.3. The van der Waals surface area contributed by atoms with Crippen molar-refractivity contribution in [2.45, 2.75) is 30.5 Å². The minimum absolute atomic E-state index is 0.109. The van der Waals surface area contributed by atoms with E-state index in [1.807, 2.05) is 12.1 Å². The SMILES string of the molecule is CCSc1cncc(N[C@@H]2c3ccccc3C[C@@H]2O)n1. The Morgan fingerprint density at radius 1 is 1.35 bits per heavy atom. The summed E-state index contributed by atoms with van der Waals surface area (Å²) in [5, 5.41) is 14.4. The molecule has 0 saturated carbocycles. The summed E-state index contributed by atoms with van der Waals surface area (Å²) in [6.07, 6.45) is 3.73. The first-order valence-corrected chi connectivity index (χ1v) is 7.73. The normalized spacial score (nSPS) is 20.7. The number of fused-ring (bicyclic) bond motifs is 1. The van der Waals surface area contributed by atoms with Crippen molar-refractivity contribution in [3.63, 3.8) is 0 Å². The lowest BCUT2D eigenvalue weighted by Crippen LogP contribution is -2.21. The summed E-state index contributed by atoms with van der Waals surface area (Å²) in [7, 11) is 0. The van der Waals surface area contributed by atoms with Crippen LogP contribution in [-0.2, 0) is 6.42 Å². The highest BCUT2D eigenvalue weighted by atomic mass is 32.2. The van der Waals surface area contributed by atoms with E-state index >= 15 is 0 Å². The number of nitrogens with one attached hydrogen (secondary N) is 1. The van der Waals surface area contributed by atoms with E-state index < -0.39 is 6.10 Å². The fourth-order valence-electron chi connectivity index (χ4n) is 2.54. The quantitative estimate of drug-likeness (QED) is 0.847. The van der Waals surface area contributed by atoms with Crippen molar-refractivity contribution < 1.29 is 5.11 Å². The van der Waals surface area contributed by atoms with Gasteiger partial charge >= 0.3 is 0 Å². The van der Waals surface area contributed by atoms with Gasteiger partial charge in [0, 0.05) is 6.42 Å². The molecule has 20 heavy (non-hydrogen) atoms. The molecule has 0 aliphatic heterocycles. The average Bonchev–Trinajstić information content (AvgIpc) is 2.76. The van der Waals surface area contributed by atoms with Crippen molar-refractivity contribution in [1.29, 1.82) is 0 Å². The summed E-state index contributed by atoms with van der Waals surface area (Å²) in [5.74, 6) is 1.68. The first-order valence-electron chi connectivity index (χ1n) is 6.75. The number of anilines is 1. The summed E-state index contributed by atoms with van der Waals surface area (Å²) in [5.41, 5.74) is 2.35. The van der Waals surface area contributed by atoms with Gasteiger partial charge in [-0.25, -0.2) is 4.98 Å². The molecule has 1 aromatic heterocycles. The molecule has 1 aliphatic rings. The molecule has 5 heteroatoms. The maximum Gasteiger partial charge on any atom is 0.146 e. The Bertz CT molecular complexity index is 605. The summed E-state index contributed by atoms with van der Waals surface area (Å²) < 4.78 is 0. The molecule has 0 radical (unpaired) electrons. The minimum atomic E-state index is -0.420. The van der Waals surface area contributed by atoms with E-state index in [0.29, 0.717) is 12.2 Å². The molecule has 0 unspecified atom stereocenters. The molecule has 1 aliphatic carbocycles. The molecule has 4 nitrogen and oxygen atoms in total.